The van der Waals surface area contributed by atoms with Crippen LogP contribution in [0.3, 0.4) is 0 Å². The fraction of sp³-hybridized carbons (Fsp3) is 0.400. The molecule has 0 fully saturated rings. The number of benzene rings is 1. The van der Waals surface area contributed by atoms with Crippen LogP contribution in [0.2, 0.25) is 0 Å². The zero-order chi connectivity index (χ0) is 10.9. The van der Waals surface area contributed by atoms with Gasteiger partial charge < -0.3 is 15.6 Å². The van der Waals surface area contributed by atoms with E-state index in [-0.39, 0.29) is 11.3 Å². The highest BCUT2D eigenvalue weighted by atomic mass is 19.1. The number of hydrogen-bond acceptors (Lipinski definition) is 3. The Hall–Kier alpha value is -1.29. The van der Waals surface area contributed by atoms with Crippen molar-refractivity contribution in [3.8, 4) is 11.5 Å². The van der Waals surface area contributed by atoms with Gasteiger partial charge >= 0.3 is 0 Å². The molecule has 0 aliphatic carbocycles. The summed E-state index contributed by atoms with van der Waals surface area (Å²) in [5.74, 6) is -1.11. The number of aromatic hydroxyl groups is 1. The SMILES string of the molecule is COc1ccc(C(C)(C)N)c(F)c1O. The van der Waals surface area contributed by atoms with E-state index in [1.807, 2.05) is 0 Å². The third kappa shape index (κ3) is 1.80. The van der Waals surface area contributed by atoms with Crippen LogP contribution in [0.25, 0.3) is 0 Å². The molecule has 4 heteroatoms. The van der Waals surface area contributed by atoms with E-state index in [0.717, 1.165) is 0 Å². The Bertz CT molecular complexity index is 345. The maximum absolute atomic E-state index is 13.5. The summed E-state index contributed by atoms with van der Waals surface area (Å²) in [4.78, 5) is 0. The fourth-order valence-corrected chi connectivity index (χ4v) is 1.21. The van der Waals surface area contributed by atoms with Gasteiger partial charge in [0, 0.05) is 11.1 Å². The van der Waals surface area contributed by atoms with Crippen LogP contribution < -0.4 is 10.5 Å². The van der Waals surface area contributed by atoms with Gasteiger partial charge in [0.2, 0.25) is 0 Å². The molecule has 0 spiro atoms. The maximum atomic E-state index is 13.5. The smallest absolute Gasteiger partial charge is 0.194 e. The molecule has 0 radical (unpaired) electrons. The van der Waals surface area contributed by atoms with E-state index in [1.165, 1.54) is 19.2 Å². The van der Waals surface area contributed by atoms with Crippen molar-refractivity contribution in [3.63, 3.8) is 0 Å². The van der Waals surface area contributed by atoms with Gasteiger partial charge in [-0.1, -0.05) is 6.07 Å². The van der Waals surface area contributed by atoms with Gasteiger partial charge in [-0.3, -0.25) is 0 Å². The maximum Gasteiger partial charge on any atom is 0.194 e. The lowest BCUT2D eigenvalue weighted by Crippen LogP contribution is -2.29. The molecule has 0 atom stereocenters. The first kappa shape index (κ1) is 10.8. The average Bonchev–Trinajstić information content (AvgIpc) is 2.07. The minimum Gasteiger partial charge on any atom is -0.502 e. The number of rotatable bonds is 2. The second-order valence-corrected chi connectivity index (χ2v) is 3.70. The summed E-state index contributed by atoms with van der Waals surface area (Å²) in [7, 11) is 1.36. The van der Waals surface area contributed by atoms with Crippen LogP contribution in [0.5, 0.6) is 11.5 Å². The average molecular weight is 199 g/mol. The van der Waals surface area contributed by atoms with Gasteiger partial charge in [-0.15, -0.1) is 0 Å². The second-order valence-electron chi connectivity index (χ2n) is 3.70. The van der Waals surface area contributed by atoms with Crippen molar-refractivity contribution in [3.05, 3.63) is 23.5 Å². The van der Waals surface area contributed by atoms with E-state index < -0.39 is 17.1 Å². The zero-order valence-electron chi connectivity index (χ0n) is 8.47. The number of phenols is 1. The summed E-state index contributed by atoms with van der Waals surface area (Å²) in [6.07, 6.45) is 0. The van der Waals surface area contributed by atoms with Crippen molar-refractivity contribution in [2.24, 2.45) is 5.73 Å². The Labute approximate surface area is 82.3 Å². The van der Waals surface area contributed by atoms with E-state index in [4.69, 9.17) is 10.5 Å². The number of nitrogens with two attached hydrogens (primary N) is 1. The lowest BCUT2D eigenvalue weighted by molar-refractivity contribution is 0.351. The first-order chi connectivity index (χ1) is 6.38. The predicted molar refractivity (Wildman–Crippen MR) is 51.8 cm³/mol. The number of ether oxygens (including phenoxy) is 1. The number of halogens is 1. The lowest BCUT2D eigenvalue weighted by atomic mass is 9.94. The van der Waals surface area contributed by atoms with Crippen molar-refractivity contribution in [2.75, 3.05) is 7.11 Å². The van der Waals surface area contributed by atoms with Crippen LogP contribution in [0.15, 0.2) is 12.1 Å². The van der Waals surface area contributed by atoms with Gasteiger partial charge in [0.05, 0.1) is 7.11 Å². The van der Waals surface area contributed by atoms with E-state index >= 15 is 0 Å². The van der Waals surface area contributed by atoms with Gasteiger partial charge in [0.15, 0.2) is 17.3 Å². The Balaban J connectivity index is 3.31. The molecule has 0 amide bonds. The van der Waals surface area contributed by atoms with E-state index in [9.17, 15) is 9.50 Å². The standard InChI is InChI=1S/C10H14FNO2/c1-10(2,12)6-4-5-7(14-3)9(13)8(6)11/h4-5,13H,12H2,1-3H3. The van der Waals surface area contributed by atoms with Gasteiger partial charge in [-0.2, -0.15) is 0 Å². The van der Waals surface area contributed by atoms with Crippen molar-refractivity contribution in [2.45, 2.75) is 19.4 Å². The molecule has 3 nitrogen and oxygen atoms in total. The molecule has 3 N–H and O–H groups in total. The lowest BCUT2D eigenvalue weighted by Gasteiger charge is -2.20. The molecule has 14 heavy (non-hydrogen) atoms. The van der Waals surface area contributed by atoms with Crippen LogP contribution in [0.4, 0.5) is 4.39 Å². The Morgan fingerprint density at radius 2 is 2.00 bits per heavy atom. The normalized spacial score (nSPS) is 11.5. The molecule has 0 heterocycles. The highest BCUT2D eigenvalue weighted by Gasteiger charge is 2.22. The summed E-state index contributed by atoms with van der Waals surface area (Å²) in [5.41, 5.74) is 5.16. The summed E-state index contributed by atoms with van der Waals surface area (Å²) >= 11 is 0. The molecular formula is C10H14FNO2. The molecule has 0 aliphatic heterocycles. The van der Waals surface area contributed by atoms with Crippen LogP contribution in [-0.4, -0.2) is 12.2 Å². The van der Waals surface area contributed by atoms with Crippen LogP contribution in [0.1, 0.15) is 19.4 Å². The largest absolute Gasteiger partial charge is 0.502 e. The second kappa shape index (κ2) is 3.46. The highest BCUT2D eigenvalue weighted by molar-refractivity contribution is 5.45. The molecule has 0 saturated heterocycles. The Morgan fingerprint density at radius 3 is 2.43 bits per heavy atom. The van der Waals surface area contributed by atoms with Gasteiger partial charge in [0.25, 0.3) is 0 Å². The number of phenolic OH excluding ortho intramolecular Hbond substituents is 1. The minimum absolute atomic E-state index is 0.107. The molecule has 0 aromatic heterocycles. The Kier molecular flexibility index (Phi) is 2.66. The fourth-order valence-electron chi connectivity index (χ4n) is 1.21. The molecule has 0 unspecified atom stereocenters. The molecule has 0 aliphatic rings. The molecule has 0 saturated carbocycles. The van der Waals surface area contributed by atoms with Gasteiger partial charge in [-0.25, -0.2) is 4.39 Å². The summed E-state index contributed by atoms with van der Waals surface area (Å²) < 4.78 is 18.3. The predicted octanol–water partition coefficient (Wildman–Crippen LogP) is 1.73. The molecule has 1 aromatic carbocycles. The van der Waals surface area contributed by atoms with Crippen LogP contribution in [-0.2, 0) is 5.54 Å². The van der Waals surface area contributed by atoms with Crippen molar-refractivity contribution < 1.29 is 14.2 Å². The quantitative estimate of drug-likeness (QED) is 0.762. The molecule has 1 rings (SSSR count). The Morgan fingerprint density at radius 1 is 1.43 bits per heavy atom. The third-order valence-electron chi connectivity index (χ3n) is 1.99. The van der Waals surface area contributed by atoms with Crippen molar-refractivity contribution in [1.29, 1.82) is 0 Å². The van der Waals surface area contributed by atoms with E-state index in [0.29, 0.717) is 0 Å². The van der Waals surface area contributed by atoms with Gasteiger partial charge in [-0.05, 0) is 19.9 Å². The number of methoxy groups -OCH3 is 1. The van der Waals surface area contributed by atoms with E-state index in [1.54, 1.807) is 13.8 Å². The third-order valence-corrected chi connectivity index (χ3v) is 1.99. The van der Waals surface area contributed by atoms with Crippen LogP contribution >= 0.6 is 0 Å². The van der Waals surface area contributed by atoms with Crippen LogP contribution in [0, 0.1) is 5.82 Å². The highest BCUT2D eigenvalue weighted by Crippen LogP contribution is 2.34. The first-order valence-electron chi connectivity index (χ1n) is 4.22. The molecule has 78 valence electrons. The summed E-state index contributed by atoms with van der Waals surface area (Å²) in [5, 5.41) is 9.39. The van der Waals surface area contributed by atoms with Crippen molar-refractivity contribution in [1.82, 2.24) is 0 Å². The zero-order valence-corrected chi connectivity index (χ0v) is 8.47. The van der Waals surface area contributed by atoms with E-state index in [2.05, 4.69) is 0 Å². The number of hydrogen-bond donors (Lipinski definition) is 2. The first-order valence-corrected chi connectivity index (χ1v) is 4.22. The molecule has 1 aromatic rings. The summed E-state index contributed by atoms with van der Waals surface area (Å²) in [6, 6.07) is 3.00. The molecular weight excluding hydrogens is 185 g/mol. The monoisotopic (exact) mass is 199 g/mol. The van der Waals surface area contributed by atoms with Gasteiger partial charge in [0.1, 0.15) is 0 Å². The minimum atomic E-state index is -0.826. The summed E-state index contributed by atoms with van der Waals surface area (Å²) in [6.45, 7) is 3.33. The molecule has 0 bridgehead atoms. The van der Waals surface area contributed by atoms with Crippen molar-refractivity contribution >= 4 is 0 Å². The topological polar surface area (TPSA) is 55.5 Å².